The minimum atomic E-state index is -0.0107. The second kappa shape index (κ2) is 5.33. The summed E-state index contributed by atoms with van der Waals surface area (Å²) in [5, 5.41) is 10.2. The number of carbonyl (C=O) groups is 1. The lowest BCUT2D eigenvalue weighted by Crippen LogP contribution is -2.58. The Morgan fingerprint density at radius 1 is 1.18 bits per heavy atom. The number of Topliss-reactive ketones (excluding diaryl/α,β-unsaturated/α-hetero) is 1. The number of aliphatic hydroxyl groups is 1. The lowest BCUT2D eigenvalue weighted by atomic mass is 9.43. The third-order valence-corrected chi connectivity index (χ3v) is 8.81. The predicted octanol–water partition coefficient (Wildman–Crippen LogP) is 4.31. The van der Waals surface area contributed by atoms with Crippen LogP contribution in [0, 0.1) is 46.3 Å². The minimum Gasteiger partial charge on any atom is -0.396 e. The van der Waals surface area contributed by atoms with Crippen LogP contribution in [0.25, 0.3) is 0 Å². The van der Waals surface area contributed by atoms with Crippen molar-refractivity contribution >= 4 is 5.78 Å². The molecule has 0 spiro atoms. The molecule has 2 bridgehead atoms. The molecule has 0 aromatic carbocycles. The smallest absolute Gasteiger partial charge is 0.137 e. The van der Waals surface area contributed by atoms with E-state index in [1.807, 2.05) is 0 Å². The monoisotopic (exact) mass is 306 g/mol. The SMILES string of the molecule is CC1CC(CO)C2(C)C(C)CCC3(CCC(=O)C32)C(C)C1C. The molecule has 8 atom stereocenters. The summed E-state index contributed by atoms with van der Waals surface area (Å²) in [5.41, 5.74) is 0.198. The average molecular weight is 306 g/mol. The van der Waals surface area contributed by atoms with Crippen molar-refractivity contribution in [2.24, 2.45) is 46.3 Å². The number of hydrogen-bond acceptors (Lipinski definition) is 2. The van der Waals surface area contributed by atoms with Gasteiger partial charge in [-0.25, -0.2) is 0 Å². The van der Waals surface area contributed by atoms with Gasteiger partial charge in [0, 0.05) is 18.9 Å². The third-order valence-electron chi connectivity index (χ3n) is 8.81. The summed E-state index contributed by atoms with van der Waals surface area (Å²) < 4.78 is 0. The van der Waals surface area contributed by atoms with Crippen LogP contribution in [0.4, 0.5) is 0 Å². The first-order valence-corrected chi connectivity index (χ1v) is 9.42. The molecule has 3 fully saturated rings. The summed E-state index contributed by atoms with van der Waals surface area (Å²) in [6, 6.07) is 0. The maximum absolute atomic E-state index is 12.9. The second-order valence-electron chi connectivity index (χ2n) is 9.18. The first-order chi connectivity index (χ1) is 10.3. The van der Waals surface area contributed by atoms with Crippen LogP contribution >= 0.6 is 0 Å². The summed E-state index contributed by atoms with van der Waals surface area (Å²) in [7, 11) is 0. The Morgan fingerprint density at radius 2 is 1.86 bits per heavy atom. The van der Waals surface area contributed by atoms with E-state index < -0.39 is 0 Å². The van der Waals surface area contributed by atoms with Gasteiger partial charge in [-0.15, -0.1) is 0 Å². The van der Waals surface area contributed by atoms with Crippen LogP contribution in [0.1, 0.15) is 66.7 Å². The van der Waals surface area contributed by atoms with E-state index >= 15 is 0 Å². The summed E-state index contributed by atoms with van der Waals surface area (Å²) in [6.07, 6.45) is 5.38. The van der Waals surface area contributed by atoms with E-state index in [1.165, 1.54) is 12.8 Å². The average Bonchev–Trinajstić information content (AvgIpc) is 2.85. The topological polar surface area (TPSA) is 37.3 Å². The van der Waals surface area contributed by atoms with Crippen LogP contribution in [0.2, 0.25) is 0 Å². The summed E-state index contributed by atoms with van der Waals surface area (Å²) in [5.74, 6) is 3.39. The normalized spacial score (nSPS) is 55.5. The van der Waals surface area contributed by atoms with Gasteiger partial charge in [-0.05, 0) is 66.1 Å². The van der Waals surface area contributed by atoms with Crippen molar-refractivity contribution in [3.8, 4) is 0 Å². The van der Waals surface area contributed by atoms with Crippen LogP contribution < -0.4 is 0 Å². The Labute approximate surface area is 136 Å². The van der Waals surface area contributed by atoms with Crippen molar-refractivity contribution in [2.45, 2.75) is 66.7 Å². The first-order valence-electron chi connectivity index (χ1n) is 9.42. The van der Waals surface area contributed by atoms with Gasteiger partial charge in [0.05, 0.1) is 0 Å². The summed E-state index contributed by atoms with van der Waals surface area (Å²) >= 11 is 0. The molecule has 0 saturated heterocycles. The van der Waals surface area contributed by atoms with E-state index in [0.717, 1.165) is 19.3 Å². The van der Waals surface area contributed by atoms with Crippen molar-refractivity contribution in [2.75, 3.05) is 6.61 Å². The Bertz CT molecular complexity index is 459. The lowest BCUT2D eigenvalue weighted by molar-refractivity contribution is -0.161. The first kappa shape index (κ1) is 16.5. The van der Waals surface area contributed by atoms with Gasteiger partial charge >= 0.3 is 0 Å². The third kappa shape index (κ3) is 1.92. The van der Waals surface area contributed by atoms with Gasteiger partial charge in [0.1, 0.15) is 5.78 Å². The molecule has 1 N–H and O–H groups in total. The van der Waals surface area contributed by atoms with Crippen LogP contribution in [0.5, 0.6) is 0 Å². The molecule has 3 saturated carbocycles. The molecule has 2 heteroatoms. The van der Waals surface area contributed by atoms with Crippen molar-refractivity contribution in [1.29, 1.82) is 0 Å². The van der Waals surface area contributed by atoms with E-state index in [2.05, 4.69) is 34.6 Å². The van der Waals surface area contributed by atoms with Gasteiger partial charge in [0.2, 0.25) is 0 Å². The van der Waals surface area contributed by atoms with Crippen molar-refractivity contribution in [3.05, 3.63) is 0 Å². The van der Waals surface area contributed by atoms with E-state index in [4.69, 9.17) is 0 Å². The quantitative estimate of drug-likeness (QED) is 0.784. The molecular formula is C20H34O2. The molecule has 8 unspecified atom stereocenters. The highest BCUT2D eigenvalue weighted by atomic mass is 16.3. The molecule has 0 aromatic heterocycles. The number of carbonyl (C=O) groups excluding carboxylic acids is 1. The predicted molar refractivity (Wildman–Crippen MR) is 89.4 cm³/mol. The number of aliphatic hydroxyl groups excluding tert-OH is 1. The molecule has 0 amide bonds. The molecule has 0 aromatic rings. The highest BCUT2D eigenvalue weighted by Crippen LogP contribution is 2.68. The Balaban J connectivity index is 2.17. The minimum absolute atomic E-state index is 0.0107. The Hall–Kier alpha value is -0.370. The highest BCUT2D eigenvalue weighted by molar-refractivity contribution is 5.85. The van der Waals surface area contributed by atoms with Crippen molar-refractivity contribution in [1.82, 2.24) is 0 Å². The number of hydrogen-bond donors (Lipinski definition) is 1. The zero-order chi connectivity index (χ0) is 16.3. The van der Waals surface area contributed by atoms with Crippen LogP contribution in [-0.4, -0.2) is 17.5 Å². The fraction of sp³-hybridized carbons (Fsp3) is 0.950. The van der Waals surface area contributed by atoms with Gasteiger partial charge in [-0.1, -0.05) is 34.6 Å². The van der Waals surface area contributed by atoms with Gasteiger partial charge in [-0.2, -0.15) is 0 Å². The van der Waals surface area contributed by atoms with Crippen LogP contribution in [0.15, 0.2) is 0 Å². The summed E-state index contributed by atoms with van der Waals surface area (Å²) in [6.45, 7) is 12.1. The van der Waals surface area contributed by atoms with E-state index in [9.17, 15) is 9.90 Å². The van der Waals surface area contributed by atoms with Gasteiger partial charge in [-0.3, -0.25) is 4.79 Å². The van der Waals surface area contributed by atoms with Crippen LogP contribution in [0.3, 0.4) is 0 Å². The lowest BCUT2D eigenvalue weighted by Gasteiger charge is -2.61. The maximum Gasteiger partial charge on any atom is 0.137 e. The summed E-state index contributed by atoms with van der Waals surface area (Å²) in [4.78, 5) is 12.9. The fourth-order valence-electron chi connectivity index (χ4n) is 6.84. The van der Waals surface area contributed by atoms with Crippen LogP contribution in [-0.2, 0) is 4.79 Å². The fourth-order valence-corrected chi connectivity index (χ4v) is 6.84. The number of rotatable bonds is 1. The molecule has 0 radical (unpaired) electrons. The molecule has 3 aliphatic rings. The molecular weight excluding hydrogens is 272 g/mol. The van der Waals surface area contributed by atoms with E-state index in [0.29, 0.717) is 29.5 Å². The zero-order valence-electron chi connectivity index (χ0n) is 15.1. The Morgan fingerprint density at radius 3 is 2.50 bits per heavy atom. The van der Waals surface area contributed by atoms with Gasteiger partial charge in [0.15, 0.2) is 0 Å². The second-order valence-corrected chi connectivity index (χ2v) is 9.18. The molecule has 0 heterocycles. The molecule has 3 aliphatic carbocycles. The Kier molecular flexibility index (Phi) is 3.99. The molecule has 2 nitrogen and oxygen atoms in total. The molecule has 3 rings (SSSR count). The number of ketones is 1. The molecule has 22 heavy (non-hydrogen) atoms. The van der Waals surface area contributed by atoms with E-state index in [-0.39, 0.29) is 29.3 Å². The van der Waals surface area contributed by atoms with E-state index in [1.54, 1.807) is 0 Å². The largest absolute Gasteiger partial charge is 0.396 e. The van der Waals surface area contributed by atoms with Gasteiger partial charge in [0.25, 0.3) is 0 Å². The van der Waals surface area contributed by atoms with Crippen molar-refractivity contribution < 1.29 is 9.90 Å². The standard InChI is InChI=1S/C20H34O2/c1-12-10-16(11-21)19(5)13(2)6-8-20(15(4)14(12)3)9-7-17(22)18(19)20/h12-16,18,21H,6-11H2,1-5H3. The maximum atomic E-state index is 12.9. The molecule has 126 valence electrons. The molecule has 0 aliphatic heterocycles. The van der Waals surface area contributed by atoms with Crippen molar-refractivity contribution in [3.63, 3.8) is 0 Å². The van der Waals surface area contributed by atoms with Gasteiger partial charge < -0.3 is 5.11 Å². The zero-order valence-corrected chi connectivity index (χ0v) is 15.1. The highest BCUT2D eigenvalue weighted by Gasteiger charge is 2.65.